The molecule has 1 aromatic heterocycles. The second-order valence-electron chi connectivity index (χ2n) is 7.98. The number of nitrogens with two attached hydrogens (primary N) is 1. The van der Waals surface area contributed by atoms with Crippen molar-refractivity contribution in [1.29, 1.82) is 0 Å². The maximum atomic E-state index is 12.8. The first kappa shape index (κ1) is 26.5. The van der Waals surface area contributed by atoms with Crippen molar-refractivity contribution >= 4 is 34.4 Å². The molecule has 1 fully saturated rings. The average Bonchev–Trinajstić information content (AvgIpc) is 3.52. The number of alkyl halides is 3. The van der Waals surface area contributed by atoms with E-state index in [1.165, 1.54) is 0 Å². The molecule has 0 saturated carbocycles. The zero-order valence-electron chi connectivity index (χ0n) is 19.1. The average molecular weight is 507 g/mol. The van der Waals surface area contributed by atoms with Crippen LogP contribution >= 0.6 is 0 Å². The minimum absolute atomic E-state index is 0.0961. The maximum Gasteiger partial charge on any atom is 0.490 e. The van der Waals surface area contributed by atoms with E-state index in [9.17, 15) is 22.8 Å². The van der Waals surface area contributed by atoms with Crippen molar-refractivity contribution < 1.29 is 37.4 Å². The van der Waals surface area contributed by atoms with Gasteiger partial charge in [-0.3, -0.25) is 14.7 Å². The number of carboxylic acids is 1. The molecule has 4 rings (SSSR count). The van der Waals surface area contributed by atoms with Crippen LogP contribution in [-0.2, 0) is 14.4 Å². The first-order chi connectivity index (χ1) is 17.0. The van der Waals surface area contributed by atoms with Crippen molar-refractivity contribution in [3.05, 3.63) is 54.2 Å². The van der Waals surface area contributed by atoms with Crippen LogP contribution in [0.15, 0.2) is 48.7 Å². The molecule has 192 valence electrons. The number of carbonyl (C=O) groups is 3. The number of anilines is 1. The van der Waals surface area contributed by atoms with Gasteiger partial charge >= 0.3 is 12.1 Å². The number of methoxy groups -OCH3 is 1. The van der Waals surface area contributed by atoms with Crippen LogP contribution in [0.3, 0.4) is 0 Å². The largest absolute Gasteiger partial charge is 0.497 e. The number of likely N-dealkylation sites (tertiary alicyclic amines) is 1. The van der Waals surface area contributed by atoms with Gasteiger partial charge in [-0.05, 0) is 42.3 Å². The van der Waals surface area contributed by atoms with E-state index in [0.717, 1.165) is 16.5 Å². The number of ether oxygens (including phenoxy) is 1. The molecule has 3 aromatic rings. The van der Waals surface area contributed by atoms with Crippen LogP contribution in [0.1, 0.15) is 18.0 Å². The van der Waals surface area contributed by atoms with Gasteiger partial charge in [0.05, 0.1) is 24.7 Å². The molecular formula is C23H24F3N5O5. The summed E-state index contributed by atoms with van der Waals surface area (Å²) in [4.78, 5) is 36.0. The number of H-pyrrole nitrogens is 1. The van der Waals surface area contributed by atoms with E-state index < -0.39 is 18.2 Å². The van der Waals surface area contributed by atoms with Crippen molar-refractivity contribution in [3.63, 3.8) is 0 Å². The van der Waals surface area contributed by atoms with Gasteiger partial charge in [0.1, 0.15) is 11.8 Å². The fourth-order valence-corrected chi connectivity index (χ4v) is 3.59. The predicted octanol–water partition coefficient (Wildman–Crippen LogP) is 2.69. The van der Waals surface area contributed by atoms with Gasteiger partial charge in [-0.2, -0.15) is 18.3 Å². The number of aliphatic carboxylic acids is 1. The number of hydrogen-bond acceptors (Lipinski definition) is 6. The summed E-state index contributed by atoms with van der Waals surface area (Å²) in [5.74, 6) is -2.58. The number of halogens is 3. The maximum absolute atomic E-state index is 12.8. The summed E-state index contributed by atoms with van der Waals surface area (Å²) >= 11 is 0. The summed E-state index contributed by atoms with van der Waals surface area (Å²) in [6.07, 6.45) is -2.76. The highest BCUT2D eigenvalue weighted by atomic mass is 19.4. The van der Waals surface area contributed by atoms with E-state index in [1.807, 2.05) is 18.2 Å². The number of aromatic amines is 1. The minimum Gasteiger partial charge on any atom is -0.497 e. The summed E-state index contributed by atoms with van der Waals surface area (Å²) in [5.41, 5.74) is 8.50. The number of hydrogen-bond donors (Lipinski definition) is 4. The minimum atomic E-state index is -5.08. The Morgan fingerprint density at radius 1 is 1.22 bits per heavy atom. The number of amides is 2. The van der Waals surface area contributed by atoms with Crippen LogP contribution < -0.4 is 15.8 Å². The molecule has 1 saturated heterocycles. The highest BCUT2D eigenvalue weighted by Crippen LogP contribution is 2.24. The fraction of sp³-hybridized carbons (Fsp3) is 0.304. The fourth-order valence-electron chi connectivity index (χ4n) is 3.59. The van der Waals surface area contributed by atoms with E-state index in [0.29, 0.717) is 30.9 Å². The lowest BCUT2D eigenvalue weighted by Gasteiger charge is -2.21. The van der Waals surface area contributed by atoms with E-state index in [4.69, 9.17) is 20.4 Å². The van der Waals surface area contributed by atoms with E-state index in [2.05, 4.69) is 15.5 Å². The van der Waals surface area contributed by atoms with Crippen LogP contribution in [0.25, 0.3) is 10.9 Å². The van der Waals surface area contributed by atoms with Crippen LogP contribution in [-0.4, -0.2) is 64.4 Å². The number of rotatable bonds is 5. The predicted molar refractivity (Wildman–Crippen MR) is 123 cm³/mol. The van der Waals surface area contributed by atoms with E-state index >= 15 is 0 Å². The second kappa shape index (κ2) is 11.1. The molecular weight excluding hydrogens is 483 g/mol. The quantitative estimate of drug-likeness (QED) is 0.415. The summed E-state index contributed by atoms with van der Waals surface area (Å²) in [7, 11) is 1.59. The molecule has 2 unspecified atom stereocenters. The van der Waals surface area contributed by atoms with Gasteiger partial charge in [0.2, 0.25) is 11.8 Å². The van der Waals surface area contributed by atoms with Gasteiger partial charge in [0.25, 0.3) is 0 Å². The molecule has 2 heterocycles. The number of nitrogens with one attached hydrogen (secondary N) is 2. The van der Waals surface area contributed by atoms with Crippen molar-refractivity contribution in [2.24, 2.45) is 11.7 Å². The number of nitrogens with zero attached hydrogens (tertiary/aromatic N) is 2. The Balaban J connectivity index is 0.000000454. The molecule has 2 aromatic carbocycles. The Bertz CT molecular complexity index is 1230. The van der Waals surface area contributed by atoms with Crippen LogP contribution in [0, 0.1) is 5.92 Å². The second-order valence-corrected chi connectivity index (χ2v) is 7.98. The van der Waals surface area contributed by atoms with E-state index in [-0.39, 0.29) is 17.7 Å². The lowest BCUT2D eigenvalue weighted by atomic mass is 10.1. The Kier molecular flexibility index (Phi) is 8.14. The zero-order chi connectivity index (χ0) is 26.5. The summed E-state index contributed by atoms with van der Waals surface area (Å²) in [6, 6.07) is 11.9. The molecule has 1 aliphatic rings. The number of carbonyl (C=O) groups excluding carboxylic acids is 2. The summed E-state index contributed by atoms with van der Waals surface area (Å²) in [5, 5.41) is 17.8. The Morgan fingerprint density at radius 3 is 2.50 bits per heavy atom. The van der Waals surface area contributed by atoms with Crippen LogP contribution in [0.2, 0.25) is 0 Å². The lowest BCUT2D eigenvalue weighted by Crippen LogP contribution is -2.38. The number of fused-ring (bicyclic) bond motifs is 1. The number of aromatic nitrogens is 2. The Morgan fingerprint density at radius 2 is 1.89 bits per heavy atom. The summed E-state index contributed by atoms with van der Waals surface area (Å²) in [6.45, 7) is 0.879. The van der Waals surface area contributed by atoms with Gasteiger partial charge in [-0.1, -0.05) is 12.1 Å². The van der Waals surface area contributed by atoms with Crippen molar-refractivity contribution in [3.8, 4) is 5.75 Å². The summed E-state index contributed by atoms with van der Waals surface area (Å²) < 4.78 is 36.9. The van der Waals surface area contributed by atoms with Crippen molar-refractivity contribution in [2.75, 3.05) is 25.5 Å². The molecule has 10 nitrogen and oxygen atoms in total. The number of benzene rings is 2. The Labute approximate surface area is 203 Å². The highest BCUT2D eigenvalue weighted by molar-refractivity contribution is 5.95. The van der Waals surface area contributed by atoms with Gasteiger partial charge in [0, 0.05) is 24.2 Å². The van der Waals surface area contributed by atoms with Crippen molar-refractivity contribution in [2.45, 2.75) is 18.6 Å². The standard InChI is InChI=1S/C21H23N5O3.C2HF3O2/c1-29-17-5-2-13(3-6-17)19(22)21(28)26-9-8-14(12-26)20(27)24-16-4-7-18-15(10-16)11-23-25-18;3-2(4,5)1(6)7/h2-7,10-11,14,19H,8-9,12,22H2,1H3,(H,23,25)(H,24,27);(H,6,7). The van der Waals surface area contributed by atoms with Gasteiger partial charge in [-0.15, -0.1) is 0 Å². The van der Waals surface area contributed by atoms with Gasteiger partial charge in [-0.25, -0.2) is 4.79 Å². The lowest BCUT2D eigenvalue weighted by molar-refractivity contribution is -0.192. The molecule has 0 bridgehead atoms. The zero-order valence-corrected chi connectivity index (χ0v) is 19.1. The third kappa shape index (κ3) is 6.50. The van der Waals surface area contributed by atoms with Crippen LogP contribution in [0.5, 0.6) is 5.75 Å². The molecule has 2 amide bonds. The third-order valence-corrected chi connectivity index (χ3v) is 5.56. The van der Waals surface area contributed by atoms with E-state index in [1.54, 1.807) is 42.5 Å². The Hall–Kier alpha value is -4.13. The normalized spacial score (nSPS) is 16.1. The third-order valence-electron chi connectivity index (χ3n) is 5.56. The molecule has 36 heavy (non-hydrogen) atoms. The number of carboxylic acid groups (broad SMARTS) is 1. The van der Waals surface area contributed by atoms with Gasteiger partial charge < -0.3 is 25.8 Å². The molecule has 0 aliphatic carbocycles. The highest BCUT2D eigenvalue weighted by Gasteiger charge is 2.38. The molecule has 1 aliphatic heterocycles. The monoisotopic (exact) mass is 507 g/mol. The topological polar surface area (TPSA) is 151 Å². The SMILES string of the molecule is COc1ccc(C(N)C(=O)N2CCC(C(=O)Nc3ccc4[nH]ncc4c3)C2)cc1.O=C(O)C(F)(F)F. The smallest absolute Gasteiger partial charge is 0.490 e. The van der Waals surface area contributed by atoms with Crippen molar-refractivity contribution in [1.82, 2.24) is 15.1 Å². The molecule has 0 spiro atoms. The first-order valence-corrected chi connectivity index (χ1v) is 10.7. The first-order valence-electron chi connectivity index (χ1n) is 10.7. The molecule has 0 radical (unpaired) electrons. The molecule has 5 N–H and O–H groups in total. The molecule has 13 heteroatoms. The van der Waals surface area contributed by atoms with Crippen LogP contribution in [0.4, 0.5) is 18.9 Å². The van der Waals surface area contributed by atoms with Gasteiger partial charge in [0.15, 0.2) is 0 Å². The molecule has 2 atom stereocenters.